The molecule has 0 radical (unpaired) electrons. The van der Waals surface area contributed by atoms with E-state index in [1.165, 1.54) is 17.5 Å². The Morgan fingerprint density at radius 2 is 1.90 bits per heavy atom. The average molecular weight is 513 g/mol. The lowest BCUT2D eigenvalue weighted by Gasteiger charge is -2.38. The molecule has 0 bridgehead atoms. The molecule has 6 nitrogen and oxygen atoms in total. The molecule has 0 unspecified atom stereocenters. The van der Waals surface area contributed by atoms with Crippen LogP contribution in [0.1, 0.15) is 30.4 Å². The van der Waals surface area contributed by atoms with E-state index in [4.69, 9.17) is 0 Å². The highest BCUT2D eigenvalue weighted by atomic mass is 127. The van der Waals surface area contributed by atoms with Crippen LogP contribution in [-0.2, 0) is 11.3 Å². The smallest absolute Gasteiger partial charge is 0.225 e. The summed E-state index contributed by atoms with van der Waals surface area (Å²) in [6, 6.07) is 8.48. The van der Waals surface area contributed by atoms with Crippen molar-refractivity contribution in [1.29, 1.82) is 0 Å². The number of guanidine groups is 1. The predicted octanol–water partition coefficient (Wildman–Crippen LogP) is 2.56. The number of carbonyl (C=O) groups is 1. The number of nitrogens with one attached hydrogen (secondary N) is 1. The van der Waals surface area contributed by atoms with Crippen LogP contribution in [0.15, 0.2) is 29.3 Å². The van der Waals surface area contributed by atoms with E-state index in [1.807, 2.05) is 7.05 Å². The van der Waals surface area contributed by atoms with Gasteiger partial charge in [0.2, 0.25) is 5.91 Å². The molecule has 1 saturated heterocycles. The van der Waals surface area contributed by atoms with Crippen molar-refractivity contribution >= 4 is 35.8 Å². The maximum atomic E-state index is 12.4. The van der Waals surface area contributed by atoms with Crippen LogP contribution in [0.2, 0.25) is 0 Å². The molecule has 1 saturated carbocycles. The number of halogens is 1. The van der Waals surface area contributed by atoms with Crippen molar-refractivity contribution < 1.29 is 4.79 Å². The Labute approximate surface area is 192 Å². The Morgan fingerprint density at radius 3 is 2.48 bits per heavy atom. The maximum Gasteiger partial charge on any atom is 0.225 e. The Balaban J connectivity index is 0.00000300. The highest BCUT2D eigenvalue weighted by Gasteiger charge is 2.31. The third-order valence-electron chi connectivity index (χ3n) is 6.09. The van der Waals surface area contributed by atoms with E-state index in [9.17, 15) is 4.79 Å². The number of benzene rings is 1. The molecule has 1 amide bonds. The quantitative estimate of drug-likeness (QED) is 0.361. The first-order valence-electron chi connectivity index (χ1n) is 10.6. The lowest BCUT2D eigenvalue weighted by atomic mass is 9.84. The summed E-state index contributed by atoms with van der Waals surface area (Å²) in [6.45, 7) is 8.51. The zero-order valence-corrected chi connectivity index (χ0v) is 20.4. The fourth-order valence-electron chi connectivity index (χ4n) is 3.93. The molecule has 1 aromatic carbocycles. The molecule has 162 valence electrons. The summed E-state index contributed by atoms with van der Waals surface area (Å²) in [5.74, 6) is 1.63. The van der Waals surface area contributed by atoms with Gasteiger partial charge in [-0.05, 0) is 30.9 Å². The Hall–Kier alpha value is -1.35. The first kappa shape index (κ1) is 23.9. The van der Waals surface area contributed by atoms with E-state index in [2.05, 4.69) is 63.2 Å². The van der Waals surface area contributed by atoms with Gasteiger partial charge >= 0.3 is 0 Å². The summed E-state index contributed by atoms with van der Waals surface area (Å²) >= 11 is 0. The van der Waals surface area contributed by atoms with Crippen molar-refractivity contribution in [3.05, 3.63) is 35.4 Å². The SMILES string of the molecule is CN=C(NCCN1CCN(C(=O)C2CCC2)CC1)N(C)Cc1ccccc1C.I. The molecular formula is C22H36IN5O. The second-order valence-electron chi connectivity index (χ2n) is 8.05. The van der Waals surface area contributed by atoms with E-state index in [0.29, 0.717) is 11.8 Å². The minimum Gasteiger partial charge on any atom is -0.355 e. The van der Waals surface area contributed by atoms with Crippen LogP contribution in [0.4, 0.5) is 0 Å². The van der Waals surface area contributed by atoms with Gasteiger partial charge < -0.3 is 15.1 Å². The zero-order chi connectivity index (χ0) is 19.9. The van der Waals surface area contributed by atoms with Crippen LogP contribution < -0.4 is 5.32 Å². The number of piperazine rings is 1. The molecule has 2 aliphatic rings. The third-order valence-corrected chi connectivity index (χ3v) is 6.09. The van der Waals surface area contributed by atoms with Crippen molar-refractivity contribution in [1.82, 2.24) is 20.0 Å². The van der Waals surface area contributed by atoms with Crippen molar-refractivity contribution in [3.8, 4) is 0 Å². The number of hydrogen-bond donors (Lipinski definition) is 1. The summed E-state index contributed by atoms with van der Waals surface area (Å²) in [4.78, 5) is 23.5. The molecule has 1 aliphatic carbocycles. The largest absolute Gasteiger partial charge is 0.355 e. The Kier molecular flexibility index (Phi) is 9.68. The van der Waals surface area contributed by atoms with Crippen LogP contribution in [0.3, 0.4) is 0 Å². The normalized spacial score (nSPS) is 18.0. The summed E-state index contributed by atoms with van der Waals surface area (Å²) in [7, 11) is 3.91. The molecule has 0 spiro atoms. The molecule has 29 heavy (non-hydrogen) atoms. The number of rotatable bonds is 6. The number of hydrogen-bond acceptors (Lipinski definition) is 3. The van der Waals surface area contributed by atoms with Gasteiger partial charge in [0.1, 0.15) is 0 Å². The van der Waals surface area contributed by atoms with Gasteiger partial charge in [-0.1, -0.05) is 30.7 Å². The monoisotopic (exact) mass is 513 g/mol. The topological polar surface area (TPSA) is 51.2 Å². The van der Waals surface area contributed by atoms with Gasteiger partial charge in [0.25, 0.3) is 0 Å². The fraction of sp³-hybridized carbons (Fsp3) is 0.636. The molecule has 1 aliphatic heterocycles. The van der Waals surface area contributed by atoms with Gasteiger partial charge in [-0.2, -0.15) is 0 Å². The van der Waals surface area contributed by atoms with Gasteiger partial charge in [-0.15, -0.1) is 24.0 Å². The number of aliphatic imine (C=N–C) groups is 1. The number of carbonyl (C=O) groups excluding carboxylic acids is 1. The van der Waals surface area contributed by atoms with Crippen molar-refractivity contribution in [2.75, 3.05) is 53.4 Å². The molecule has 7 heteroatoms. The summed E-state index contributed by atoms with van der Waals surface area (Å²) in [5, 5.41) is 3.48. The van der Waals surface area contributed by atoms with E-state index < -0.39 is 0 Å². The van der Waals surface area contributed by atoms with Gasteiger partial charge in [-0.25, -0.2) is 0 Å². The van der Waals surface area contributed by atoms with Crippen molar-refractivity contribution in [2.24, 2.45) is 10.9 Å². The lowest BCUT2D eigenvalue weighted by Crippen LogP contribution is -2.52. The molecule has 0 atom stereocenters. The highest BCUT2D eigenvalue weighted by Crippen LogP contribution is 2.28. The zero-order valence-electron chi connectivity index (χ0n) is 18.1. The van der Waals surface area contributed by atoms with E-state index in [1.54, 1.807) is 0 Å². The van der Waals surface area contributed by atoms with Gasteiger partial charge in [0, 0.05) is 65.8 Å². The summed E-state index contributed by atoms with van der Waals surface area (Å²) in [6.07, 6.45) is 3.41. The van der Waals surface area contributed by atoms with Crippen molar-refractivity contribution in [3.63, 3.8) is 0 Å². The van der Waals surface area contributed by atoms with E-state index in [0.717, 1.165) is 64.6 Å². The first-order valence-corrected chi connectivity index (χ1v) is 10.6. The molecule has 1 aromatic rings. The Morgan fingerprint density at radius 1 is 1.21 bits per heavy atom. The van der Waals surface area contributed by atoms with Crippen LogP contribution in [0, 0.1) is 12.8 Å². The number of aryl methyl sites for hydroxylation is 1. The molecule has 1 N–H and O–H groups in total. The summed E-state index contributed by atoms with van der Waals surface area (Å²) in [5.41, 5.74) is 2.62. The molecule has 2 fully saturated rings. The van der Waals surface area contributed by atoms with E-state index >= 15 is 0 Å². The van der Waals surface area contributed by atoms with Crippen LogP contribution in [0.5, 0.6) is 0 Å². The fourth-order valence-corrected chi connectivity index (χ4v) is 3.93. The molecule has 3 rings (SSSR count). The second kappa shape index (κ2) is 11.7. The van der Waals surface area contributed by atoms with Crippen LogP contribution in [0.25, 0.3) is 0 Å². The van der Waals surface area contributed by atoms with Crippen LogP contribution >= 0.6 is 24.0 Å². The predicted molar refractivity (Wildman–Crippen MR) is 130 cm³/mol. The summed E-state index contributed by atoms with van der Waals surface area (Å²) < 4.78 is 0. The minimum atomic E-state index is 0. The highest BCUT2D eigenvalue weighted by molar-refractivity contribution is 14.0. The van der Waals surface area contributed by atoms with Gasteiger partial charge in [0.05, 0.1) is 0 Å². The molecule has 0 aromatic heterocycles. The van der Waals surface area contributed by atoms with Crippen LogP contribution in [-0.4, -0.2) is 79.9 Å². The minimum absolute atomic E-state index is 0. The lowest BCUT2D eigenvalue weighted by molar-refractivity contribution is -0.139. The molecule has 1 heterocycles. The standard InChI is InChI=1S/C22H35N5O.HI/c1-18-7-4-5-8-20(18)17-25(3)22(23-2)24-11-12-26-13-15-27(16-14-26)21(28)19-9-6-10-19;/h4-5,7-8,19H,6,9-17H2,1-3H3,(H,23,24);1H. The first-order chi connectivity index (χ1) is 13.6. The Bertz CT molecular complexity index is 684. The number of nitrogens with zero attached hydrogens (tertiary/aromatic N) is 4. The van der Waals surface area contributed by atoms with Gasteiger partial charge in [-0.3, -0.25) is 14.7 Å². The third kappa shape index (κ3) is 6.57. The second-order valence-corrected chi connectivity index (χ2v) is 8.05. The van der Waals surface area contributed by atoms with Crippen molar-refractivity contribution in [2.45, 2.75) is 32.7 Å². The maximum absolute atomic E-state index is 12.4. The molecular weight excluding hydrogens is 477 g/mol. The van der Waals surface area contributed by atoms with E-state index in [-0.39, 0.29) is 24.0 Å². The van der Waals surface area contributed by atoms with Gasteiger partial charge in [0.15, 0.2) is 5.96 Å². The number of amides is 1. The average Bonchev–Trinajstić information content (AvgIpc) is 2.66.